The van der Waals surface area contributed by atoms with E-state index >= 15 is 0 Å². The van der Waals surface area contributed by atoms with E-state index in [4.69, 9.17) is 5.73 Å². The lowest BCUT2D eigenvalue weighted by Gasteiger charge is -2.15. The van der Waals surface area contributed by atoms with Gasteiger partial charge in [-0.15, -0.1) is 0 Å². The molecule has 0 saturated carbocycles. The summed E-state index contributed by atoms with van der Waals surface area (Å²) in [4.78, 5) is 6.64. The Kier molecular flexibility index (Phi) is 3.72. The van der Waals surface area contributed by atoms with Gasteiger partial charge in [0.1, 0.15) is 0 Å². The maximum Gasteiger partial charge on any atom is 0.0906 e. The second-order valence-corrected chi connectivity index (χ2v) is 4.31. The van der Waals surface area contributed by atoms with Crippen LogP contribution in [-0.4, -0.2) is 36.2 Å². The van der Waals surface area contributed by atoms with Crippen LogP contribution < -0.4 is 5.73 Å². The van der Waals surface area contributed by atoms with E-state index in [1.54, 1.807) is 6.20 Å². The van der Waals surface area contributed by atoms with Crippen molar-refractivity contribution in [3.05, 3.63) is 24.0 Å². The average Bonchev–Trinajstić information content (AvgIpc) is 2.75. The number of likely N-dealkylation sites (tertiary alicyclic amines) is 1. The molecule has 1 aromatic rings. The van der Waals surface area contributed by atoms with Crippen molar-refractivity contribution in [2.75, 3.05) is 32.0 Å². The summed E-state index contributed by atoms with van der Waals surface area (Å²) in [7, 11) is 0. The average molecular weight is 223 g/mol. The van der Waals surface area contributed by atoms with E-state index in [9.17, 15) is 4.39 Å². The molecule has 0 radical (unpaired) electrons. The fraction of sp³-hybridized carbons (Fsp3) is 0.583. The van der Waals surface area contributed by atoms with Gasteiger partial charge in [0.05, 0.1) is 18.1 Å². The quantitative estimate of drug-likeness (QED) is 0.846. The maximum absolute atomic E-state index is 12.1. The van der Waals surface area contributed by atoms with Gasteiger partial charge < -0.3 is 10.6 Å². The molecule has 3 nitrogen and oxygen atoms in total. The predicted molar refractivity (Wildman–Crippen MR) is 63.0 cm³/mol. The number of hydrogen-bond acceptors (Lipinski definition) is 3. The molecule has 0 aromatic carbocycles. The third-order valence-electron chi connectivity index (χ3n) is 3.14. The zero-order valence-electron chi connectivity index (χ0n) is 9.40. The zero-order valence-corrected chi connectivity index (χ0v) is 9.40. The number of halogens is 1. The summed E-state index contributed by atoms with van der Waals surface area (Å²) in [5.41, 5.74) is 7.69. The van der Waals surface area contributed by atoms with Crippen molar-refractivity contribution in [3.63, 3.8) is 0 Å². The summed E-state index contributed by atoms with van der Waals surface area (Å²) in [6.45, 7) is 2.61. The van der Waals surface area contributed by atoms with E-state index in [1.807, 2.05) is 12.1 Å². The molecule has 0 unspecified atom stereocenters. The van der Waals surface area contributed by atoms with Crippen LogP contribution in [0.5, 0.6) is 0 Å². The van der Waals surface area contributed by atoms with E-state index in [1.165, 1.54) is 0 Å². The van der Waals surface area contributed by atoms with Crippen LogP contribution in [0.4, 0.5) is 10.1 Å². The first-order valence-electron chi connectivity index (χ1n) is 5.80. The number of anilines is 1. The summed E-state index contributed by atoms with van der Waals surface area (Å²) < 4.78 is 12.1. The fourth-order valence-electron chi connectivity index (χ4n) is 2.31. The van der Waals surface area contributed by atoms with Gasteiger partial charge in [-0.1, -0.05) is 0 Å². The van der Waals surface area contributed by atoms with E-state index in [-0.39, 0.29) is 6.67 Å². The molecule has 16 heavy (non-hydrogen) atoms. The first-order chi connectivity index (χ1) is 7.81. The van der Waals surface area contributed by atoms with Crippen LogP contribution >= 0.6 is 0 Å². The third-order valence-corrected chi connectivity index (χ3v) is 3.14. The van der Waals surface area contributed by atoms with Gasteiger partial charge >= 0.3 is 0 Å². The van der Waals surface area contributed by atoms with Gasteiger partial charge in [-0.3, -0.25) is 9.37 Å². The highest BCUT2D eigenvalue weighted by molar-refractivity contribution is 5.44. The monoisotopic (exact) mass is 223 g/mol. The Hall–Kier alpha value is -1.16. The van der Waals surface area contributed by atoms with Crippen LogP contribution in [0.3, 0.4) is 0 Å². The van der Waals surface area contributed by atoms with Crippen molar-refractivity contribution in [1.82, 2.24) is 9.88 Å². The zero-order chi connectivity index (χ0) is 11.4. The molecule has 1 saturated heterocycles. The summed E-state index contributed by atoms with van der Waals surface area (Å²) in [6.07, 6.45) is 3.49. The molecule has 2 heterocycles. The number of aromatic nitrogens is 1. The molecular weight excluding hydrogens is 205 g/mol. The Morgan fingerprint density at radius 2 is 2.44 bits per heavy atom. The number of hydrogen-bond donors (Lipinski definition) is 1. The largest absolute Gasteiger partial charge is 0.397 e. The molecule has 1 aliphatic heterocycles. The maximum atomic E-state index is 12.1. The highest BCUT2D eigenvalue weighted by Crippen LogP contribution is 2.28. The van der Waals surface area contributed by atoms with Gasteiger partial charge in [-0.2, -0.15) is 0 Å². The summed E-state index contributed by atoms with van der Waals surface area (Å²) in [5.74, 6) is 0.417. The van der Waals surface area contributed by atoms with Gasteiger partial charge in [-0.05, 0) is 31.5 Å². The molecule has 1 aliphatic rings. The van der Waals surface area contributed by atoms with E-state index < -0.39 is 0 Å². The Balaban J connectivity index is 1.96. The Bertz CT molecular complexity index is 343. The molecule has 88 valence electrons. The van der Waals surface area contributed by atoms with Gasteiger partial charge in [0.15, 0.2) is 0 Å². The Morgan fingerprint density at radius 1 is 1.56 bits per heavy atom. The van der Waals surface area contributed by atoms with Crippen LogP contribution in [0.1, 0.15) is 24.5 Å². The summed E-state index contributed by atoms with van der Waals surface area (Å²) in [6, 6.07) is 3.75. The standard InChI is InChI=1S/C12H18FN3/c13-5-2-7-16-8-4-10(9-16)12-11(14)3-1-6-15-12/h1,3,6,10H,2,4-5,7-9,14H2/t10-/m0/s1. The number of nitrogens with zero attached hydrogens (tertiary/aromatic N) is 2. The second-order valence-electron chi connectivity index (χ2n) is 4.31. The van der Waals surface area contributed by atoms with Crippen LogP contribution in [0, 0.1) is 0 Å². The van der Waals surface area contributed by atoms with E-state index in [0.717, 1.165) is 37.4 Å². The third kappa shape index (κ3) is 2.50. The lowest BCUT2D eigenvalue weighted by Crippen LogP contribution is -2.22. The number of alkyl halides is 1. The van der Waals surface area contributed by atoms with Gasteiger partial charge in [0.2, 0.25) is 0 Å². The number of nitrogens with two attached hydrogens (primary N) is 1. The minimum absolute atomic E-state index is 0.229. The van der Waals surface area contributed by atoms with Crippen molar-refractivity contribution < 1.29 is 4.39 Å². The van der Waals surface area contributed by atoms with Crippen molar-refractivity contribution in [2.45, 2.75) is 18.8 Å². The van der Waals surface area contributed by atoms with Crippen LogP contribution in [-0.2, 0) is 0 Å². The minimum atomic E-state index is -0.229. The molecular formula is C12H18FN3. The SMILES string of the molecule is Nc1cccnc1[C@H]1CCN(CCCF)C1. The highest BCUT2D eigenvalue weighted by atomic mass is 19.1. The predicted octanol–water partition coefficient (Wildman–Crippen LogP) is 1.81. The first-order valence-corrected chi connectivity index (χ1v) is 5.80. The van der Waals surface area contributed by atoms with Crippen molar-refractivity contribution in [1.29, 1.82) is 0 Å². The normalized spacial score (nSPS) is 21.4. The lowest BCUT2D eigenvalue weighted by molar-refractivity contribution is 0.308. The Labute approximate surface area is 95.5 Å². The van der Waals surface area contributed by atoms with Crippen LogP contribution in [0.15, 0.2) is 18.3 Å². The minimum Gasteiger partial charge on any atom is -0.397 e. The number of rotatable bonds is 4. The molecule has 0 aliphatic carbocycles. The fourth-order valence-corrected chi connectivity index (χ4v) is 2.31. The van der Waals surface area contributed by atoms with Crippen LogP contribution in [0.2, 0.25) is 0 Å². The molecule has 2 rings (SSSR count). The molecule has 2 N–H and O–H groups in total. The van der Waals surface area contributed by atoms with Gasteiger partial charge in [-0.25, -0.2) is 0 Å². The van der Waals surface area contributed by atoms with Crippen molar-refractivity contribution >= 4 is 5.69 Å². The molecule has 1 atom stereocenters. The van der Waals surface area contributed by atoms with Crippen LogP contribution in [0.25, 0.3) is 0 Å². The summed E-state index contributed by atoms with van der Waals surface area (Å²) >= 11 is 0. The smallest absolute Gasteiger partial charge is 0.0906 e. The number of pyridine rings is 1. The molecule has 0 amide bonds. The van der Waals surface area contributed by atoms with Crippen molar-refractivity contribution in [2.24, 2.45) is 0 Å². The summed E-state index contributed by atoms with van der Waals surface area (Å²) in [5, 5.41) is 0. The molecule has 0 bridgehead atoms. The molecule has 4 heteroatoms. The Morgan fingerprint density at radius 3 is 3.19 bits per heavy atom. The van der Waals surface area contributed by atoms with Gasteiger partial charge in [0.25, 0.3) is 0 Å². The van der Waals surface area contributed by atoms with Crippen molar-refractivity contribution in [3.8, 4) is 0 Å². The highest BCUT2D eigenvalue weighted by Gasteiger charge is 2.25. The van der Waals surface area contributed by atoms with E-state index in [2.05, 4.69) is 9.88 Å². The van der Waals surface area contributed by atoms with E-state index in [0.29, 0.717) is 12.3 Å². The lowest BCUT2D eigenvalue weighted by atomic mass is 10.0. The molecule has 1 fully saturated rings. The molecule has 0 spiro atoms. The van der Waals surface area contributed by atoms with Gasteiger partial charge in [0, 0.05) is 25.2 Å². The first kappa shape index (κ1) is 11.3. The molecule has 1 aromatic heterocycles. The number of nitrogen functional groups attached to an aromatic ring is 1. The topological polar surface area (TPSA) is 42.1 Å². The second kappa shape index (κ2) is 5.25.